The molecular formula is C12H18N5O8P3. The highest BCUT2D eigenvalue weighted by Gasteiger charge is 2.88. The van der Waals surface area contributed by atoms with Crippen molar-refractivity contribution in [2.24, 2.45) is 5.41 Å². The SMILES string of the molecule is Nc1ncnc2c1ncn2C12CC(O)C(O)C1(C(O[PH2]=O)(O[PH2]=O)O[PH2]=O)C2. The van der Waals surface area contributed by atoms with Crippen molar-refractivity contribution < 1.29 is 37.5 Å². The lowest BCUT2D eigenvalue weighted by Crippen LogP contribution is -2.51. The molecule has 4 rings (SSSR count). The number of fused-ring (bicyclic) bond motifs is 2. The predicted octanol–water partition coefficient (Wildman–Crippen LogP) is -0.663. The molecule has 7 unspecified atom stereocenters. The van der Waals surface area contributed by atoms with Crippen molar-refractivity contribution in [2.75, 3.05) is 5.73 Å². The zero-order valence-corrected chi connectivity index (χ0v) is 17.6. The summed E-state index contributed by atoms with van der Waals surface area (Å²) in [5.74, 6) is -2.19. The van der Waals surface area contributed by atoms with Gasteiger partial charge in [0.1, 0.15) is 17.3 Å². The first-order chi connectivity index (χ1) is 13.4. The lowest BCUT2D eigenvalue weighted by molar-refractivity contribution is -0.306. The van der Waals surface area contributed by atoms with Crippen LogP contribution in [0.25, 0.3) is 11.2 Å². The minimum atomic E-state index is -2.33. The van der Waals surface area contributed by atoms with E-state index in [1.807, 2.05) is 0 Å². The number of nitrogens with two attached hydrogens (primary N) is 1. The molecule has 2 aromatic rings. The number of nitrogens with zero attached hydrogens (tertiary/aromatic N) is 4. The zero-order chi connectivity index (χ0) is 20.2. The molecule has 4 N–H and O–H groups in total. The van der Waals surface area contributed by atoms with Crippen LogP contribution in [-0.4, -0.2) is 47.9 Å². The minimum absolute atomic E-state index is 0.0118. The second-order valence-electron chi connectivity index (χ2n) is 6.64. The molecule has 0 aliphatic heterocycles. The standard InChI is InChI=1S/C12H18N5O8P3/c13-8-6-9(15-3-14-8)17(4-16-6)10-1-5(18)7(19)11(10,2-10)12(23-26-20,24-27-21)25-28-22/h3-5,7,18-19H,1-2,26-28H2,(H2,13,14,15). The Bertz CT molecular complexity index is 949. The van der Waals surface area contributed by atoms with Gasteiger partial charge in [-0.2, -0.15) is 0 Å². The average molecular weight is 453 g/mol. The Morgan fingerprint density at radius 1 is 1.14 bits per heavy atom. The molecule has 154 valence electrons. The summed E-state index contributed by atoms with van der Waals surface area (Å²) in [4.78, 5) is 12.2. The van der Waals surface area contributed by atoms with Crippen LogP contribution in [0.2, 0.25) is 0 Å². The Balaban J connectivity index is 1.94. The first kappa shape index (κ1) is 20.1. The second kappa shape index (κ2) is 6.97. The Labute approximate surface area is 161 Å². The third-order valence-corrected chi connectivity index (χ3v) is 6.89. The smallest absolute Gasteiger partial charge is 0.309 e. The van der Waals surface area contributed by atoms with Crippen LogP contribution in [0, 0.1) is 5.41 Å². The number of aliphatic hydroxyl groups is 2. The van der Waals surface area contributed by atoms with Crippen LogP contribution in [0.3, 0.4) is 0 Å². The normalized spacial score (nSPS) is 34.9. The van der Waals surface area contributed by atoms with Gasteiger partial charge in [0.05, 0.1) is 24.1 Å². The van der Waals surface area contributed by atoms with Crippen molar-refractivity contribution >= 4 is 43.0 Å². The molecule has 2 saturated carbocycles. The van der Waals surface area contributed by atoms with Gasteiger partial charge in [0.15, 0.2) is 37.5 Å². The number of aromatic nitrogens is 4. The summed E-state index contributed by atoms with van der Waals surface area (Å²) in [5, 5.41) is 21.2. The first-order valence-electron chi connectivity index (χ1n) is 8.07. The first-order valence-corrected chi connectivity index (χ1v) is 10.9. The largest absolute Gasteiger partial charge is 0.390 e. The number of hydrogen-bond donors (Lipinski definition) is 3. The average Bonchev–Trinajstić information content (AvgIpc) is 3.02. The highest BCUT2D eigenvalue weighted by atomic mass is 31.1. The van der Waals surface area contributed by atoms with E-state index in [2.05, 4.69) is 15.0 Å². The molecule has 0 spiro atoms. The van der Waals surface area contributed by atoms with Gasteiger partial charge in [-0.05, 0) is 6.42 Å². The molecule has 16 heteroatoms. The molecule has 13 nitrogen and oxygen atoms in total. The van der Waals surface area contributed by atoms with E-state index in [-0.39, 0.29) is 18.7 Å². The molecule has 2 aromatic heterocycles. The van der Waals surface area contributed by atoms with Gasteiger partial charge in [-0.3, -0.25) is 27.3 Å². The van der Waals surface area contributed by atoms with Gasteiger partial charge >= 0.3 is 5.97 Å². The Hall–Kier alpha value is -1.16. The fourth-order valence-corrected chi connectivity index (χ4v) is 6.24. The molecule has 0 saturated heterocycles. The van der Waals surface area contributed by atoms with Crippen molar-refractivity contribution in [2.45, 2.75) is 36.6 Å². The summed E-state index contributed by atoms with van der Waals surface area (Å²) < 4.78 is 51.2. The highest BCUT2D eigenvalue weighted by molar-refractivity contribution is 7.19. The number of nitrogen functional groups attached to an aromatic ring is 1. The van der Waals surface area contributed by atoms with Crippen LogP contribution in [-0.2, 0) is 32.8 Å². The van der Waals surface area contributed by atoms with Crippen LogP contribution in [0.5, 0.6) is 0 Å². The van der Waals surface area contributed by atoms with Gasteiger partial charge in [0, 0.05) is 6.42 Å². The van der Waals surface area contributed by atoms with Gasteiger partial charge in [-0.25, -0.2) is 15.0 Å². The molecular weight excluding hydrogens is 435 g/mol. The van der Waals surface area contributed by atoms with Crippen LogP contribution < -0.4 is 5.73 Å². The summed E-state index contributed by atoms with van der Waals surface area (Å²) >= 11 is 0. The molecule has 0 bridgehead atoms. The summed E-state index contributed by atoms with van der Waals surface area (Å²) in [5.41, 5.74) is 3.79. The van der Waals surface area contributed by atoms with Crippen LogP contribution in [0.15, 0.2) is 12.7 Å². The van der Waals surface area contributed by atoms with Crippen molar-refractivity contribution in [1.29, 1.82) is 0 Å². The summed E-state index contributed by atoms with van der Waals surface area (Å²) in [7, 11) is -5.86. The van der Waals surface area contributed by atoms with Crippen molar-refractivity contribution in [3.05, 3.63) is 12.7 Å². The van der Waals surface area contributed by atoms with Crippen LogP contribution >= 0.6 is 26.1 Å². The molecule has 2 aliphatic carbocycles. The third kappa shape index (κ3) is 2.39. The van der Waals surface area contributed by atoms with E-state index in [9.17, 15) is 23.9 Å². The molecule has 2 heterocycles. The lowest BCUT2D eigenvalue weighted by Gasteiger charge is -2.38. The number of hydrogen-bond acceptors (Lipinski definition) is 12. The zero-order valence-electron chi connectivity index (χ0n) is 14.2. The molecule has 0 aromatic carbocycles. The Morgan fingerprint density at radius 2 is 1.79 bits per heavy atom. The Kier molecular flexibility index (Phi) is 5.01. The minimum Gasteiger partial charge on any atom is -0.390 e. The molecule has 7 atom stereocenters. The van der Waals surface area contributed by atoms with Gasteiger partial charge in [0.2, 0.25) is 0 Å². The molecule has 2 fully saturated rings. The van der Waals surface area contributed by atoms with E-state index < -0.39 is 55.2 Å². The molecule has 2 aliphatic rings. The number of anilines is 1. The lowest BCUT2D eigenvalue weighted by atomic mass is 9.95. The Morgan fingerprint density at radius 3 is 2.39 bits per heavy atom. The van der Waals surface area contributed by atoms with E-state index >= 15 is 0 Å². The van der Waals surface area contributed by atoms with E-state index in [0.717, 1.165) is 0 Å². The van der Waals surface area contributed by atoms with E-state index in [1.165, 1.54) is 12.7 Å². The maximum Gasteiger partial charge on any atom is 0.309 e. The van der Waals surface area contributed by atoms with Crippen molar-refractivity contribution in [3.63, 3.8) is 0 Å². The topological polar surface area (TPSA) is 189 Å². The van der Waals surface area contributed by atoms with Gasteiger partial charge in [-0.1, -0.05) is 0 Å². The molecule has 0 amide bonds. The maximum absolute atomic E-state index is 11.4. The monoisotopic (exact) mass is 453 g/mol. The number of imidazole rings is 1. The van der Waals surface area contributed by atoms with Crippen LogP contribution in [0.1, 0.15) is 12.8 Å². The van der Waals surface area contributed by atoms with E-state index in [0.29, 0.717) is 11.2 Å². The van der Waals surface area contributed by atoms with Gasteiger partial charge < -0.3 is 20.5 Å². The van der Waals surface area contributed by atoms with Crippen LogP contribution in [0.4, 0.5) is 5.82 Å². The van der Waals surface area contributed by atoms with Gasteiger partial charge in [-0.15, -0.1) is 0 Å². The quantitative estimate of drug-likeness (QED) is 0.338. The molecule has 28 heavy (non-hydrogen) atoms. The van der Waals surface area contributed by atoms with Crippen molar-refractivity contribution in [3.8, 4) is 0 Å². The molecule has 0 radical (unpaired) electrons. The fraction of sp³-hybridized carbons (Fsp3) is 0.583. The number of rotatable bonds is 8. The third-order valence-electron chi connectivity index (χ3n) is 5.67. The van der Waals surface area contributed by atoms with E-state index in [1.54, 1.807) is 4.57 Å². The predicted molar refractivity (Wildman–Crippen MR) is 98.6 cm³/mol. The highest BCUT2D eigenvalue weighted by Crippen LogP contribution is 2.78. The summed E-state index contributed by atoms with van der Waals surface area (Å²) in [6, 6.07) is 0. The number of aliphatic hydroxyl groups excluding tert-OH is 2. The summed E-state index contributed by atoms with van der Waals surface area (Å²) in [6.07, 6.45) is 0.0349. The van der Waals surface area contributed by atoms with Gasteiger partial charge in [0.25, 0.3) is 0 Å². The summed E-state index contributed by atoms with van der Waals surface area (Å²) in [6.45, 7) is 0. The fourth-order valence-electron chi connectivity index (χ4n) is 4.57. The van der Waals surface area contributed by atoms with Crippen molar-refractivity contribution in [1.82, 2.24) is 19.5 Å². The van der Waals surface area contributed by atoms with E-state index in [4.69, 9.17) is 19.3 Å². The maximum atomic E-state index is 11.4. The second-order valence-corrected chi connectivity index (χ2v) is 7.92.